The molecule has 18 heavy (non-hydrogen) atoms. The number of carbonyl (C=O) groups excluding carboxylic acids is 1. The minimum absolute atomic E-state index is 0.0939. The van der Waals surface area contributed by atoms with Gasteiger partial charge in [0.05, 0.1) is 45.7 Å². The topological polar surface area (TPSA) is 63.2 Å². The van der Waals surface area contributed by atoms with Crippen LogP contribution >= 0.6 is 0 Å². The van der Waals surface area contributed by atoms with Gasteiger partial charge in [-0.05, 0) is 0 Å². The van der Waals surface area contributed by atoms with Crippen LogP contribution in [0.25, 0.3) is 0 Å². The van der Waals surface area contributed by atoms with Crippen molar-refractivity contribution in [1.82, 2.24) is 0 Å². The van der Waals surface area contributed by atoms with E-state index in [0.29, 0.717) is 46.1 Å². The van der Waals surface area contributed by atoms with Gasteiger partial charge in [-0.15, -0.1) is 0 Å². The van der Waals surface area contributed by atoms with Gasteiger partial charge in [-0.25, -0.2) is 0 Å². The van der Waals surface area contributed by atoms with Crippen LogP contribution in [0.4, 0.5) is 0 Å². The highest BCUT2D eigenvalue weighted by atomic mass is 16.6. The Morgan fingerprint density at radius 2 is 1.56 bits per heavy atom. The first-order valence-corrected chi connectivity index (χ1v) is 6.11. The number of carbonyl (C=O) groups is 1. The van der Waals surface area contributed by atoms with Crippen molar-refractivity contribution >= 4 is 5.78 Å². The van der Waals surface area contributed by atoms with Crippen molar-refractivity contribution in [2.45, 2.75) is 18.6 Å². The Hall–Kier alpha value is -0.530. The Bertz CT molecular complexity index is 233. The molecule has 0 saturated heterocycles. The number of rotatable bonds is 11. The van der Waals surface area contributed by atoms with Crippen LogP contribution < -0.4 is 0 Å². The maximum atomic E-state index is 11.3. The van der Waals surface area contributed by atoms with Crippen molar-refractivity contribution in [3.63, 3.8) is 0 Å². The average molecular weight is 262 g/mol. The number of ether oxygens (including phenoxy) is 5. The van der Waals surface area contributed by atoms with Gasteiger partial charge in [0.2, 0.25) is 0 Å². The molecule has 0 aromatic rings. The largest absolute Gasteiger partial charge is 0.382 e. The predicted molar refractivity (Wildman–Crippen MR) is 63.7 cm³/mol. The Labute approximate surface area is 107 Å². The monoisotopic (exact) mass is 262 g/mol. The van der Waals surface area contributed by atoms with Crippen LogP contribution in [0.5, 0.6) is 0 Å². The molecule has 0 aromatic heterocycles. The Morgan fingerprint density at radius 1 is 0.944 bits per heavy atom. The first-order valence-electron chi connectivity index (χ1n) is 6.11. The van der Waals surface area contributed by atoms with E-state index in [1.807, 2.05) is 0 Å². The second kappa shape index (κ2) is 9.41. The Morgan fingerprint density at radius 3 is 2.22 bits per heavy atom. The van der Waals surface area contributed by atoms with Gasteiger partial charge in [-0.2, -0.15) is 0 Å². The second-order valence-electron chi connectivity index (χ2n) is 3.97. The zero-order chi connectivity index (χ0) is 13.2. The van der Waals surface area contributed by atoms with E-state index in [0.717, 1.165) is 0 Å². The van der Waals surface area contributed by atoms with Crippen molar-refractivity contribution in [2.24, 2.45) is 0 Å². The molecule has 0 spiro atoms. The Balaban J connectivity index is 2.01. The third-order valence-corrected chi connectivity index (χ3v) is 2.63. The molecule has 0 aromatic carbocycles. The maximum absolute atomic E-state index is 11.3. The highest BCUT2D eigenvalue weighted by molar-refractivity contribution is 5.90. The van der Waals surface area contributed by atoms with Crippen LogP contribution in [0, 0.1) is 0 Å². The summed E-state index contributed by atoms with van der Waals surface area (Å²) < 4.78 is 25.9. The van der Waals surface area contributed by atoms with Crippen LogP contribution in [0.3, 0.4) is 0 Å². The maximum Gasteiger partial charge on any atom is 0.166 e. The molecule has 0 N–H and O–H groups in total. The SMILES string of the molecule is COCCOCCOC1CC(=O)C1OCCOC. The molecule has 6 nitrogen and oxygen atoms in total. The smallest absolute Gasteiger partial charge is 0.166 e. The van der Waals surface area contributed by atoms with E-state index in [2.05, 4.69) is 0 Å². The van der Waals surface area contributed by atoms with Crippen molar-refractivity contribution in [3.05, 3.63) is 0 Å². The highest BCUT2D eigenvalue weighted by Gasteiger charge is 2.41. The third-order valence-electron chi connectivity index (χ3n) is 2.63. The molecule has 1 aliphatic rings. The molecule has 1 saturated carbocycles. The van der Waals surface area contributed by atoms with Crippen LogP contribution in [-0.4, -0.2) is 71.9 Å². The zero-order valence-electron chi connectivity index (χ0n) is 11.1. The first-order chi connectivity index (χ1) is 8.79. The summed E-state index contributed by atoms with van der Waals surface area (Å²) in [6.45, 7) is 2.99. The van der Waals surface area contributed by atoms with Gasteiger partial charge >= 0.3 is 0 Å². The minimum Gasteiger partial charge on any atom is -0.382 e. The molecule has 1 rings (SSSR count). The molecule has 0 bridgehead atoms. The summed E-state index contributed by atoms with van der Waals surface area (Å²) in [7, 11) is 3.22. The van der Waals surface area contributed by atoms with Gasteiger partial charge in [0, 0.05) is 20.6 Å². The molecule has 0 amide bonds. The van der Waals surface area contributed by atoms with E-state index in [4.69, 9.17) is 23.7 Å². The zero-order valence-corrected chi connectivity index (χ0v) is 11.1. The lowest BCUT2D eigenvalue weighted by Crippen LogP contribution is -2.51. The standard InChI is InChI=1S/C12H22O6/c1-14-3-5-16-6-8-17-11-9-10(13)12(11)18-7-4-15-2/h11-12H,3-9H2,1-2H3. The average Bonchev–Trinajstić information content (AvgIpc) is 2.37. The van der Waals surface area contributed by atoms with Gasteiger partial charge in [0.15, 0.2) is 5.78 Å². The lowest BCUT2D eigenvalue weighted by Gasteiger charge is -2.34. The molecule has 106 valence electrons. The van der Waals surface area contributed by atoms with E-state index in [1.54, 1.807) is 14.2 Å². The van der Waals surface area contributed by atoms with Crippen LogP contribution in [-0.2, 0) is 28.5 Å². The molecule has 0 radical (unpaired) electrons. The molecule has 6 heteroatoms. The van der Waals surface area contributed by atoms with Crippen LogP contribution in [0.15, 0.2) is 0 Å². The lowest BCUT2D eigenvalue weighted by atomic mass is 9.90. The summed E-state index contributed by atoms with van der Waals surface area (Å²) in [4.78, 5) is 11.3. The normalized spacial score (nSPS) is 23.1. The number of hydrogen-bond acceptors (Lipinski definition) is 6. The van der Waals surface area contributed by atoms with Gasteiger partial charge < -0.3 is 23.7 Å². The summed E-state index contributed by atoms with van der Waals surface area (Å²) in [6.07, 6.45) is -0.144. The van der Waals surface area contributed by atoms with E-state index in [-0.39, 0.29) is 11.9 Å². The van der Waals surface area contributed by atoms with Crippen molar-refractivity contribution in [2.75, 3.05) is 53.9 Å². The fourth-order valence-electron chi connectivity index (χ4n) is 1.58. The lowest BCUT2D eigenvalue weighted by molar-refractivity contribution is -0.169. The summed E-state index contributed by atoms with van der Waals surface area (Å²) in [5.74, 6) is 0.0939. The fraction of sp³-hybridized carbons (Fsp3) is 0.917. The fourth-order valence-corrected chi connectivity index (χ4v) is 1.58. The third kappa shape index (κ3) is 5.41. The molecule has 1 aliphatic carbocycles. The van der Waals surface area contributed by atoms with E-state index in [1.165, 1.54) is 0 Å². The predicted octanol–water partition coefficient (Wildman–Crippen LogP) is 0.0390. The number of Topliss-reactive ketones (excluding diaryl/α,β-unsaturated/α-hetero) is 1. The van der Waals surface area contributed by atoms with E-state index in [9.17, 15) is 4.79 Å². The van der Waals surface area contributed by atoms with E-state index < -0.39 is 6.10 Å². The molecular formula is C12H22O6. The summed E-state index contributed by atoms with van der Waals surface area (Å²) >= 11 is 0. The number of hydrogen-bond donors (Lipinski definition) is 0. The second-order valence-corrected chi connectivity index (χ2v) is 3.97. The minimum atomic E-state index is -0.431. The van der Waals surface area contributed by atoms with E-state index >= 15 is 0 Å². The van der Waals surface area contributed by atoms with Crippen molar-refractivity contribution < 1.29 is 28.5 Å². The summed E-state index contributed by atoms with van der Waals surface area (Å²) in [6, 6.07) is 0. The number of methoxy groups -OCH3 is 2. The van der Waals surface area contributed by atoms with Crippen LogP contribution in [0.1, 0.15) is 6.42 Å². The van der Waals surface area contributed by atoms with Crippen molar-refractivity contribution in [3.8, 4) is 0 Å². The van der Waals surface area contributed by atoms with Gasteiger partial charge in [0.1, 0.15) is 6.10 Å². The van der Waals surface area contributed by atoms with Gasteiger partial charge in [-0.3, -0.25) is 4.79 Å². The molecule has 0 aliphatic heterocycles. The van der Waals surface area contributed by atoms with Crippen molar-refractivity contribution in [1.29, 1.82) is 0 Å². The molecule has 0 heterocycles. The van der Waals surface area contributed by atoms with Gasteiger partial charge in [0.25, 0.3) is 0 Å². The summed E-state index contributed by atoms with van der Waals surface area (Å²) in [5.41, 5.74) is 0. The Kier molecular flexibility index (Phi) is 8.11. The molecule has 2 unspecified atom stereocenters. The molecular weight excluding hydrogens is 240 g/mol. The number of ketones is 1. The highest BCUT2D eigenvalue weighted by Crippen LogP contribution is 2.22. The van der Waals surface area contributed by atoms with Crippen LogP contribution in [0.2, 0.25) is 0 Å². The first kappa shape index (κ1) is 15.5. The molecule has 1 fully saturated rings. The molecule has 2 atom stereocenters. The summed E-state index contributed by atoms with van der Waals surface area (Å²) in [5, 5.41) is 0. The van der Waals surface area contributed by atoms with Gasteiger partial charge in [-0.1, -0.05) is 0 Å². The quantitative estimate of drug-likeness (QED) is 0.490.